The zero-order valence-electron chi connectivity index (χ0n) is 7.10. The van der Waals surface area contributed by atoms with Crippen molar-refractivity contribution < 1.29 is 14.3 Å². The molecule has 0 aromatic rings. The van der Waals surface area contributed by atoms with Crippen molar-refractivity contribution >= 4 is 5.97 Å². The molecule has 0 unspecified atom stereocenters. The van der Waals surface area contributed by atoms with Crippen LogP contribution in [0.5, 0.6) is 0 Å². The predicted octanol–water partition coefficient (Wildman–Crippen LogP) is 1.57. The van der Waals surface area contributed by atoms with Gasteiger partial charge in [0.1, 0.15) is 11.4 Å². The number of aliphatic carboxylic acids is 1. The Morgan fingerprint density at radius 2 is 2.17 bits per heavy atom. The lowest BCUT2D eigenvalue weighted by molar-refractivity contribution is -0.132. The number of halogens is 1. The first kappa shape index (κ1) is 10.7. The van der Waals surface area contributed by atoms with Gasteiger partial charge in [-0.3, -0.25) is 0 Å². The van der Waals surface area contributed by atoms with Gasteiger partial charge in [-0.15, -0.1) is 0 Å². The molecule has 0 fully saturated rings. The smallest absolute Gasteiger partial charge is 0.340 e. The van der Waals surface area contributed by atoms with E-state index in [4.69, 9.17) is 10.8 Å². The van der Waals surface area contributed by atoms with Crippen LogP contribution in [0.4, 0.5) is 4.39 Å². The Bertz CT molecular complexity index is 243. The van der Waals surface area contributed by atoms with Crippen LogP contribution in [0.25, 0.3) is 0 Å². The Morgan fingerprint density at radius 3 is 2.42 bits per heavy atom. The Morgan fingerprint density at radius 1 is 1.67 bits per heavy atom. The second-order valence-corrected chi connectivity index (χ2v) is 2.18. The van der Waals surface area contributed by atoms with Gasteiger partial charge in [0.15, 0.2) is 0 Å². The van der Waals surface area contributed by atoms with Gasteiger partial charge >= 0.3 is 5.97 Å². The van der Waals surface area contributed by atoms with Gasteiger partial charge in [-0.1, -0.05) is 13.0 Å². The Hall–Kier alpha value is -1.32. The average molecular weight is 173 g/mol. The molecule has 0 radical (unpaired) electrons. The van der Waals surface area contributed by atoms with Crippen LogP contribution in [0.15, 0.2) is 23.2 Å². The van der Waals surface area contributed by atoms with Gasteiger partial charge in [0.2, 0.25) is 0 Å². The Balaban J connectivity index is 5.06. The molecule has 0 amide bonds. The molecule has 0 aromatic heterocycles. The lowest BCUT2D eigenvalue weighted by Gasteiger charge is -2.02. The molecule has 3 N–H and O–H groups in total. The molecule has 0 rings (SSSR count). The quantitative estimate of drug-likeness (QED) is 0.503. The summed E-state index contributed by atoms with van der Waals surface area (Å²) in [7, 11) is 0. The molecule has 0 aromatic carbocycles. The SMILES string of the molecule is C/C=C(N)\C(C(=O)O)=C(\F)CC. The van der Waals surface area contributed by atoms with E-state index in [0.29, 0.717) is 0 Å². The van der Waals surface area contributed by atoms with Crippen molar-refractivity contribution in [3.05, 3.63) is 23.2 Å². The second kappa shape index (κ2) is 4.54. The minimum Gasteiger partial charge on any atom is -0.478 e. The highest BCUT2D eigenvalue weighted by atomic mass is 19.1. The summed E-state index contributed by atoms with van der Waals surface area (Å²) in [5, 5.41) is 8.56. The number of carboxylic acids is 1. The van der Waals surface area contributed by atoms with E-state index in [9.17, 15) is 9.18 Å². The summed E-state index contributed by atoms with van der Waals surface area (Å²) < 4.78 is 12.9. The Labute approximate surface area is 70.4 Å². The van der Waals surface area contributed by atoms with E-state index in [-0.39, 0.29) is 12.1 Å². The fourth-order valence-corrected chi connectivity index (χ4v) is 0.717. The first-order valence-corrected chi connectivity index (χ1v) is 3.58. The molecule has 68 valence electrons. The molecule has 0 atom stereocenters. The first-order chi connectivity index (χ1) is 5.54. The number of rotatable bonds is 3. The number of nitrogens with two attached hydrogens (primary N) is 1. The van der Waals surface area contributed by atoms with Crippen LogP contribution in [0.3, 0.4) is 0 Å². The van der Waals surface area contributed by atoms with E-state index in [1.807, 2.05) is 0 Å². The molecule has 0 heterocycles. The van der Waals surface area contributed by atoms with E-state index in [0.717, 1.165) is 0 Å². The zero-order chi connectivity index (χ0) is 9.72. The number of carbonyl (C=O) groups is 1. The molecule has 3 nitrogen and oxygen atoms in total. The maximum Gasteiger partial charge on any atom is 0.340 e. The molecule has 0 saturated carbocycles. The lowest BCUT2D eigenvalue weighted by atomic mass is 10.1. The van der Waals surface area contributed by atoms with Crippen molar-refractivity contribution in [1.82, 2.24) is 0 Å². The third kappa shape index (κ3) is 2.38. The highest BCUT2D eigenvalue weighted by molar-refractivity contribution is 5.91. The number of carboxylic acid groups (broad SMARTS) is 1. The maximum absolute atomic E-state index is 12.9. The van der Waals surface area contributed by atoms with Gasteiger partial charge in [-0.2, -0.15) is 0 Å². The molecule has 4 heteroatoms. The van der Waals surface area contributed by atoms with Crippen LogP contribution in [0, 0.1) is 0 Å². The van der Waals surface area contributed by atoms with Crippen molar-refractivity contribution in [2.75, 3.05) is 0 Å². The molecule has 0 bridgehead atoms. The summed E-state index contributed by atoms with van der Waals surface area (Å²) in [6.45, 7) is 3.09. The van der Waals surface area contributed by atoms with E-state index in [1.165, 1.54) is 13.0 Å². The molecule has 0 aliphatic rings. The molecule has 0 saturated heterocycles. The van der Waals surface area contributed by atoms with Crippen LogP contribution in [-0.2, 0) is 4.79 Å². The van der Waals surface area contributed by atoms with Crippen molar-refractivity contribution in [3.63, 3.8) is 0 Å². The first-order valence-electron chi connectivity index (χ1n) is 3.58. The number of hydrogen-bond acceptors (Lipinski definition) is 2. The van der Waals surface area contributed by atoms with Gasteiger partial charge in [0.05, 0.1) is 0 Å². The monoisotopic (exact) mass is 173 g/mol. The number of hydrogen-bond donors (Lipinski definition) is 2. The molecular weight excluding hydrogens is 161 g/mol. The van der Waals surface area contributed by atoms with Crippen LogP contribution in [-0.4, -0.2) is 11.1 Å². The molecule has 0 spiro atoms. The minimum absolute atomic E-state index is 0.0379. The molecule has 12 heavy (non-hydrogen) atoms. The van der Waals surface area contributed by atoms with Crippen LogP contribution in [0.1, 0.15) is 20.3 Å². The molecule has 0 aliphatic heterocycles. The molecular formula is C8H12FNO2. The van der Waals surface area contributed by atoms with E-state index < -0.39 is 17.4 Å². The van der Waals surface area contributed by atoms with E-state index in [1.54, 1.807) is 6.92 Å². The highest BCUT2D eigenvalue weighted by Crippen LogP contribution is 2.15. The van der Waals surface area contributed by atoms with Crippen LogP contribution in [0.2, 0.25) is 0 Å². The van der Waals surface area contributed by atoms with E-state index in [2.05, 4.69) is 0 Å². The largest absolute Gasteiger partial charge is 0.478 e. The van der Waals surface area contributed by atoms with Crippen molar-refractivity contribution in [2.24, 2.45) is 5.73 Å². The summed E-state index contributed by atoms with van der Waals surface area (Å²) >= 11 is 0. The topological polar surface area (TPSA) is 63.3 Å². The van der Waals surface area contributed by atoms with Crippen LogP contribution < -0.4 is 5.73 Å². The number of allylic oxidation sites excluding steroid dienone is 2. The summed E-state index contributed by atoms with van der Waals surface area (Å²) in [6, 6.07) is 0. The fourth-order valence-electron chi connectivity index (χ4n) is 0.717. The minimum atomic E-state index is -1.33. The van der Waals surface area contributed by atoms with Gasteiger partial charge in [0.25, 0.3) is 0 Å². The Kier molecular flexibility index (Phi) is 4.04. The normalized spacial score (nSPS) is 14.1. The van der Waals surface area contributed by atoms with Crippen LogP contribution >= 0.6 is 0 Å². The third-order valence-electron chi connectivity index (χ3n) is 1.40. The highest BCUT2D eigenvalue weighted by Gasteiger charge is 2.15. The third-order valence-corrected chi connectivity index (χ3v) is 1.40. The van der Waals surface area contributed by atoms with Crippen molar-refractivity contribution in [3.8, 4) is 0 Å². The average Bonchev–Trinajstić information content (AvgIpc) is 2.03. The predicted molar refractivity (Wildman–Crippen MR) is 44.0 cm³/mol. The standard InChI is InChI=1S/C8H12FNO2/c1-3-5(9)7(8(11)12)6(10)4-2/h4H,3,10H2,1-2H3,(H,11,12)/b6-4+,7-5-. The molecule has 0 aliphatic carbocycles. The second-order valence-electron chi connectivity index (χ2n) is 2.18. The van der Waals surface area contributed by atoms with Gasteiger partial charge in [0, 0.05) is 5.70 Å². The van der Waals surface area contributed by atoms with Gasteiger partial charge < -0.3 is 10.8 Å². The van der Waals surface area contributed by atoms with Crippen molar-refractivity contribution in [1.29, 1.82) is 0 Å². The summed E-state index contributed by atoms with van der Waals surface area (Å²) in [4.78, 5) is 10.5. The summed E-state index contributed by atoms with van der Waals surface area (Å²) in [5.74, 6) is -2.02. The lowest BCUT2D eigenvalue weighted by Crippen LogP contribution is -2.11. The van der Waals surface area contributed by atoms with Gasteiger partial charge in [-0.05, 0) is 13.3 Å². The van der Waals surface area contributed by atoms with Crippen molar-refractivity contribution in [2.45, 2.75) is 20.3 Å². The maximum atomic E-state index is 12.9. The zero-order valence-corrected chi connectivity index (χ0v) is 7.10. The fraction of sp³-hybridized carbons (Fsp3) is 0.375. The summed E-state index contributed by atoms with van der Waals surface area (Å²) in [5.41, 5.74) is 4.81. The summed E-state index contributed by atoms with van der Waals surface area (Å²) in [6.07, 6.45) is 1.40. The van der Waals surface area contributed by atoms with Gasteiger partial charge in [-0.25, -0.2) is 9.18 Å². The van der Waals surface area contributed by atoms with E-state index >= 15 is 0 Å².